The van der Waals surface area contributed by atoms with Crippen LogP contribution in [0.5, 0.6) is 5.88 Å². The van der Waals surface area contributed by atoms with Crippen molar-refractivity contribution in [3.05, 3.63) is 47.5 Å². The van der Waals surface area contributed by atoms with Crippen molar-refractivity contribution in [3.63, 3.8) is 0 Å². The molecule has 1 atom stereocenters. The van der Waals surface area contributed by atoms with E-state index in [1.54, 1.807) is 37.5 Å². The number of anilines is 2. The zero-order chi connectivity index (χ0) is 22.1. The number of fused-ring (bicyclic) bond motifs is 1. The van der Waals surface area contributed by atoms with E-state index < -0.39 is 12.0 Å². The zero-order valence-corrected chi connectivity index (χ0v) is 17.3. The Bertz CT molecular complexity index is 1160. The molecule has 0 spiro atoms. The topological polar surface area (TPSA) is 136 Å². The molecule has 11 heteroatoms. The Balaban J connectivity index is 1.65. The predicted octanol–water partition coefficient (Wildman–Crippen LogP) is 2.65. The largest absolute Gasteiger partial charge is 0.480 e. The van der Waals surface area contributed by atoms with Gasteiger partial charge in [-0.2, -0.15) is 5.10 Å². The van der Waals surface area contributed by atoms with E-state index in [-0.39, 0.29) is 36.3 Å². The summed E-state index contributed by atoms with van der Waals surface area (Å²) in [6, 6.07) is 4.40. The smallest absolute Gasteiger partial charge is 0.328 e. The number of nitrogens with zero attached hydrogens (tertiary/aromatic N) is 5. The van der Waals surface area contributed by atoms with Crippen LogP contribution in [-0.4, -0.2) is 49.9 Å². The fraction of sp³-hybridized carbons (Fsp3) is 0.250. The summed E-state index contributed by atoms with van der Waals surface area (Å²) in [5.74, 6) is -1.14. The third-order valence-electron chi connectivity index (χ3n) is 5.02. The van der Waals surface area contributed by atoms with Gasteiger partial charge in [0.1, 0.15) is 30.4 Å². The first-order valence-electron chi connectivity index (χ1n) is 9.52. The second-order valence-electron chi connectivity index (χ2n) is 6.88. The molecule has 1 unspecified atom stereocenters. The Morgan fingerprint density at radius 3 is 2.90 bits per heavy atom. The molecule has 31 heavy (non-hydrogen) atoms. The molecule has 0 fully saturated rings. The van der Waals surface area contributed by atoms with Crippen LogP contribution >= 0.6 is 11.6 Å². The Morgan fingerprint density at radius 1 is 1.39 bits per heavy atom. The summed E-state index contributed by atoms with van der Waals surface area (Å²) in [5, 5.41) is 13.9. The minimum Gasteiger partial charge on any atom is -0.480 e. The van der Waals surface area contributed by atoms with Gasteiger partial charge in [-0.1, -0.05) is 24.6 Å². The van der Waals surface area contributed by atoms with Crippen molar-refractivity contribution in [2.24, 2.45) is 0 Å². The number of carboxylic acid groups (broad SMARTS) is 1. The maximum Gasteiger partial charge on any atom is 0.328 e. The molecule has 3 aromatic rings. The van der Waals surface area contributed by atoms with Crippen LogP contribution in [0.3, 0.4) is 0 Å². The van der Waals surface area contributed by atoms with Crippen molar-refractivity contribution < 1.29 is 19.4 Å². The van der Waals surface area contributed by atoms with Crippen LogP contribution in [0.2, 0.25) is 5.02 Å². The average molecular weight is 443 g/mol. The van der Waals surface area contributed by atoms with Crippen molar-refractivity contribution in [3.8, 4) is 17.0 Å². The van der Waals surface area contributed by atoms with Crippen molar-refractivity contribution >= 4 is 35.0 Å². The number of carbonyl (C=O) groups is 2. The van der Waals surface area contributed by atoms with Crippen LogP contribution in [0.4, 0.5) is 11.5 Å². The number of hydrogen-bond donors (Lipinski definition) is 2. The molecule has 1 amide bonds. The molecule has 1 aromatic carbocycles. The number of hydrogen-bond acceptors (Lipinski definition) is 7. The van der Waals surface area contributed by atoms with Crippen LogP contribution in [0.1, 0.15) is 29.7 Å². The summed E-state index contributed by atoms with van der Waals surface area (Å²) < 4.78 is 6.94. The van der Waals surface area contributed by atoms with Crippen molar-refractivity contribution in [2.75, 3.05) is 23.8 Å². The molecule has 3 N–H and O–H groups in total. The molecule has 0 saturated heterocycles. The number of rotatable bonds is 5. The number of aliphatic carboxylic acids is 1. The number of carbonyl (C=O) groups excluding carboxylic acids is 1. The highest BCUT2D eigenvalue weighted by molar-refractivity contribution is 6.33. The van der Waals surface area contributed by atoms with Gasteiger partial charge in [-0.25, -0.2) is 14.8 Å². The molecule has 0 aliphatic carbocycles. The molecule has 10 nitrogen and oxygen atoms in total. The van der Waals surface area contributed by atoms with Crippen LogP contribution in [-0.2, 0) is 4.79 Å². The van der Waals surface area contributed by atoms with Gasteiger partial charge in [0.25, 0.3) is 5.91 Å². The second-order valence-corrected chi connectivity index (χ2v) is 7.29. The predicted molar refractivity (Wildman–Crippen MR) is 113 cm³/mol. The molecule has 1 aliphatic heterocycles. The molecule has 0 saturated carbocycles. The third kappa shape index (κ3) is 3.77. The maximum absolute atomic E-state index is 13.1. The van der Waals surface area contributed by atoms with Crippen LogP contribution < -0.4 is 15.4 Å². The van der Waals surface area contributed by atoms with Crippen LogP contribution in [0, 0.1) is 0 Å². The van der Waals surface area contributed by atoms with E-state index in [4.69, 9.17) is 22.1 Å². The summed E-state index contributed by atoms with van der Waals surface area (Å²) in [6.07, 6.45) is 4.85. The normalized spacial score (nSPS) is 14.5. The van der Waals surface area contributed by atoms with Gasteiger partial charge in [0.05, 0.1) is 17.8 Å². The summed E-state index contributed by atoms with van der Waals surface area (Å²) in [4.78, 5) is 33.8. The quantitative estimate of drug-likeness (QED) is 0.615. The van der Waals surface area contributed by atoms with E-state index >= 15 is 0 Å². The summed E-state index contributed by atoms with van der Waals surface area (Å²) in [5.41, 5.74) is 7.88. The van der Waals surface area contributed by atoms with E-state index in [9.17, 15) is 14.7 Å². The van der Waals surface area contributed by atoms with Gasteiger partial charge in [0, 0.05) is 23.0 Å². The molecular formula is C20H19ClN6O4. The lowest BCUT2D eigenvalue weighted by atomic mass is 10.1. The Labute approximate surface area is 182 Å². The number of benzene rings is 1. The third-order valence-corrected chi connectivity index (χ3v) is 5.34. The minimum atomic E-state index is -0.955. The summed E-state index contributed by atoms with van der Waals surface area (Å²) >= 11 is 6.52. The molecule has 0 radical (unpaired) electrons. The maximum atomic E-state index is 13.1. The summed E-state index contributed by atoms with van der Waals surface area (Å²) in [6.45, 7) is 2.29. The van der Waals surface area contributed by atoms with Crippen molar-refractivity contribution in [1.82, 2.24) is 19.7 Å². The van der Waals surface area contributed by atoms with E-state index in [0.717, 1.165) is 0 Å². The number of aromatic nitrogens is 4. The summed E-state index contributed by atoms with van der Waals surface area (Å²) in [7, 11) is 0. The molecule has 160 valence electrons. The van der Waals surface area contributed by atoms with Gasteiger partial charge >= 0.3 is 5.97 Å². The van der Waals surface area contributed by atoms with Gasteiger partial charge in [0.15, 0.2) is 0 Å². The number of nitrogen functional groups attached to an aromatic ring is 1. The highest BCUT2D eigenvalue weighted by Crippen LogP contribution is 2.34. The minimum absolute atomic E-state index is 0.0425. The standard InChI is InChI=1S/C20H19ClN6O4/c1-2-15(20(29)30)27-9-11(8-25-27)13-4-3-12(7-14(13)21)26-5-6-31-18-16(19(26)28)17(22)23-10-24-18/h3-4,7-10,15H,2,5-6H2,1H3,(H,29,30)(H2,22,23,24). The number of nitrogens with two attached hydrogens (primary N) is 1. The first-order chi connectivity index (χ1) is 14.9. The zero-order valence-electron chi connectivity index (χ0n) is 16.5. The fourth-order valence-electron chi connectivity index (χ4n) is 3.44. The Kier molecular flexibility index (Phi) is 5.47. The SMILES string of the molecule is CCC(C(=O)O)n1cc(-c2ccc(N3CCOc4ncnc(N)c4C3=O)cc2Cl)cn1. The number of carboxylic acids is 1. The second kappa shape index (κ2) is 8.23. The highest BCUT2D eigenvalue weighted by atomic mass is 35.5. The lowest BCUT2D eigenvalue weighted by Gasteiger charge is -2.21. The Hall–Kier alpha value is -3.66. The molecule has 4 rings (SSSR count). The molecule has 3 heterocycles. The molecule has 1 aliphatic rings. The monoisotopic (exact) mass is 442 g/mol. The lowest BCUT2D eigenvalue weighted by Crippen LogP contribution is -2.32. The number of halogens is 1. The van der Waals surface area contributed by atoms with Crippen molar-refractivity contribution in [1.29, 1.82) is 0 Å². The van der Waals surface area contributed by atoms with Crippen molar-refractivity contribution in [2.45, 2.75) is 19.4 Å². The first kappa shape index (κ1) is 20.6. The van der Waals surface area contributed by atoms with Gasteiger partial charge < -0.3 is 20.5 Å². The molecule has 0 bridgehead atoms. The van der Waals surface area contributed by atoms with Gasteiger partial charge in [-0.15, -0.1) is 0 Å². The number of ether oxygens (including phenoxy) is 1. The van der Waals surface area contributed by atoms with E-state index in [1.165, 1.54) is 15.9 Å². The average Bonchev–Trinajstić information content (AvgIpc) is 3.13. The molecular weight excluding hydrogens is 424 g/mol. The molecule has 2 aromatic heterocycles. The van der Waals surface area contributed by atoms with Gasteiger partial charge in [0.2, 0.25) is 5.88 Å². The lowest BCUT2D eigenvalue weighted by molar-refractivity contribution is -0.141. The highest BCUT2D eigenvalue weighted by Gasteiger charge is 2.29. The van der Waals surface area contributed by atoms with E-state index in [1.807, 2.05) is 0 Å². The van der Waals surface area contributed by atoms with Crippen LogP contribution in [0.25, 0.3) is 11.1 Å². The van der Waals surface area contributed by atoms with E-state index in [2.05, 4.69) is 15.1 Å². The first-order valence-corrected chi connectivity index (χ1v) is 9.90. The Morgan fingerprint density at radius 2 is 2.19 bits per heavy atom. The van der Waals surface area contributed by atoms with Gasteiger partial charge in [-0.05, 0) is 18.6 Å². The van der Waals surface area contributed by atoms with Crippen LogP contribution in [0.15, 0.2) is 36.9 Å². The van der Waals surface area contributed by atoms with Gasteiger partial charge in [-0.3, -0.25) is 9.48 Å². The van der Waals surface area contributed by atoms with E-state index in [0.29, 0.717) is 28.3 Å². The fourth-order valence-corrected chi connectivity index (χ4v) is 3.72. The number of amides is 1.